The number of hydrogen-bond acceptors (Lipinski definition) is 3. The largest absolute Gasteiger partial charge is 0.465 e. The number of nitrogens with one attached hydrogen (secondary N) is 1. The summed E-state index contributed by atoms with van der Waals surface area (Å²) < 4.78 is 2.71. The van der Waals surface area contributed by atoms with Gasteiger partial charge in [-0.15, -0.1) is 0 Å². The van der Waals surface area contributed by atoms with Gasteiger partial charge < -0.3 is 10.4 Å². The van der Waals surface area contributed by atoms with E-state index in [1.54, 1.807) is 4.52 Å². The van der Waals surface area contributed by atoms with E-state index in [0.717, 1.165) is 32.4 Å². The van der Waals surface area contributed by atoms with Crippen molar-refractivity contribution in [2.24, 2.45) is 0 Å². The first-order valence-corrected chi connectivity index (χ1v) is 7.84. The molecule has 6 nitrogen and oxygen atoms in total. The predicted molar refractivity (Wildman–Crippen MR) is 90.4 cm³/mol. The SMILES string of the molecule is Cc1cc(-c2ncnn3cc(Br)cc23)ccc1C(C)NC(=O)O. The Hall–Kier alpha value is -2.41. The average molecular weight is 375 g/mol. The Labute approximate surface area is 141 Å². The van der Waals surface area contributed by atoms with Crippen molar-refractivity contribution in [2.75, 3.05) is 0 Å². The van der Waals surface area contributed by atoms with Gasteiger partial charge in [0.1, 0.15) is 6.33 Å². The first-order valence-electron chi connectivity index (χ1n) is 7.05. The highest BCUT2D eigenvalue weighted by Crippen LogP contribution is 2.28. The van der Waals surface area contributed by atoms with E-state index in [9.17, 15) is 4.79 Å². The van der Waals surface area contributed by atoms with E-state index < -0.39 is 6.09 Å². The molecule has 2 heterocycles. The highest BCUT2D eigenvalue weighted by molar-refractivity contribution is 9.10. The minimum atomic E-state index is -1.03. The molecule has 3 aromatic rings. The van der Waals surface area contributed by atoms with Crippen molar-refractivity contribution < 1.29 is 9.90 Å². The van der Waals surface area contributed by atoms with Gasteiger partial charge in [0.25, 0.3) is 0 Å². The lowest BCUT2D eigenvalue weighted by Crippen LogP contribution is -2.24. The van der Waals surface area contributed by atoms with Crippen LogP contribution in [-0.2, 0) is 0 Å². The van der Waals surface area contributed by atoms with Gasteiger partial charge in [-0.05, 0) is 53.0 Å². The summed E-state index contributed by atoms with van der Waals surface area (Å²) in [6.45, 7) is 3.79. The highest BCUT2D eigenvalue weighted by atomic mass is 79.9. The lowest BCUT2D eigenvalue weighted by molar-refractivity contribution is 0.191. The summed E-state index contributed by atoms with van der Waals surface area (Å²) in [4.78, 5) is 15.2. The predicted octanol–water partition coefficient (Wildman–Crippen LogP) is 3.80. The maximum absolute atomic E-state index is 10.8. The van der Waals surface area contributed by atoms with Crippen LogP contribution in [0.5, 0.6) is 0 Å². The van der Waals surface area contributed by atoms with Crippen LogP contribution >= 0.6 is 15.9 Å². The number of fused-ring (bicyclic) bond motifs is 1. The van der Waals surface area contributed by atoms with Gasteiger partial charge in [0.15, 0.2) is 0 Å². The van der Waals surface area contributed by atoms with Gasteiger partial charge in [-0.1, -0.05) is 12.1 Å². The first-order chi connectivity index (χ1) is 11.0. The number of halogens is 1. The molecule has 1 unspecified atom stereocenters. The summed E-state index contributed by atoms with van der Waals surface area (Å²) in [5, 5.41) is 15.5. The fraction of sp³-hybridized carbons (Fsp3) is 0.188. The van der Waals surface area contributed by atoms with Crippen molar-refractivity contribution in [1.82, 2.24) is 19.9 Å². The Morgan fingerprint density at radius 2 is 2.17 bits per heavy atom. The molecule has 23 heavy (non-hydrogen) atoms. The number of carbonyl (C=O) groups is 1. The van der Waals surface area contributed by atoms with E-state index >= 15 is 0 Å². The van der Waals surface area contributed by atoms with E-state index in [1.165, 1.54) is 6.33 Å². The van der Waals surface area contributed by atoms with Gasteiger partial charge in [-0.3, -0.25) is 0 Å². The number of benzene rings is 1. The fourth-order valence-corrected chi connectivity index (χ4v) is 3.10. The molecular weight excluding hydrogens is 360 g/mol. The molecule has 1 atom stereocenters. The molecule has 0 aliphatic carbocycles. The molecule has 1 aromatic carbocycles. The zero-order chi connectivity index (χ0) is 16.6. The highest BCUT2D eigenvalue weighted by Gasteiger charge is 2.13. The minimum Gasteiger partial charge on any atom is -0.465 e. The molecule has 0 radical (unpaired) electrons. The van der Waals surface area contributed by atoms with Crippen LogP contribution < -0.4 is 5.32 Å². The number of aryl methyl sites for hydroxylation is 1. The Bertz CT molecular complexity index is 891. The van der Waals surface area contributed by atoms with Crippen molar-refractivity contribution in [2.45, 2.75) is 19.9 Å². The maximum atomic E-state index is 10.8. The van der Waals surface area contributed by atoms with Crippen molar-refractivity contribution in [3.05, 3.63) is 52.4 Å². The topological polar surface area (TPSA) is 79.5 Å². The number of nitrogens with zero attached hydrogens (tertiary/aromatic N) is 3. The maximum Gasteiger partial charge on any atom is 0.405 e. The number of hydrogen-bond donors (Lipinski definition) is 2. The van der Waals surface area contributed by atoms with E-state index in [2.05, 4.69) is 31.3 Å². The van der Waals surface area contributed by atoms with Gasteiger partial charge in [0, 0.05) is 16.2 Å². The second-order valence-corrected chi connectivity index (χ2v) is 6.25. The summed E-state index contributed by atoms with van der Waals surface area (Å²) in [5.74, 6) is 0. The lowest BCUT2D eigenvalue weighted by atomic mass is 9.98. The van der Waals surface area contributed by atoms with Crippen molar-refractivity contribution >= 4 is 27.5 Å². The van der Waals surface area contributed by atoms with Crippen LogP contribution in [0.4, 0.5) is 4.79 Å². The summed E-state index contributed by atoms with van der Waals surface area (Å²) in [6.07, 6.45) is 2.37. The lowest BCUT2D eigenvalue weighted by Gasteiger charge is -2.15. The number of amides is 1. The minimum absolute atomic E-state index is 0.269. The molecule has 3 rings (SSSR count). The van der Waals surface area contributed by atoms with Crippen molar-refractivity contribution in [3.63, 3.8) is 0 Å². The molecule has 0 saturated heterocycles. The Morgan fingerprint density at radius 1 is 1.39 bits per heavy atom. The molecule has 0 aliphatic heterocycles. The van der Waals surface area contributed by atoms with Crippen LogP contribution in [0, 0.1) is 6.92 Å². The molecule has 0 spiro atoms. The molecule has 0 bridgehead atoms. The van der Waals surface area contributed by atoms with Crippen LogP contribution in [0.2, 0.25) is 0 Å². The van der Waals surface area contributed by atoms with Gasteiger partial charge >= 0.3 is 6.09 Å². The molecule has 2 aromatic heterocycles. The van der Waals surface area contributed by atoms with Gasteiger partial charge in [-0.2, -0.15) is 5.10 Å². The third-order valence-electron chi connectivity index (χ3n) is 3.72. The zero-order valence-corrected chi connectivity index (χ0v) is 14.2. The Kier molecular flexibility index (Phi) is 4.04. The molecule has 0 saturated carbocycles. The number of aromatic nitrogens is 3. The fourth-order valence-electron chi connectivity index (χ4n) is 2.69. The quantitative estimate of drug-likeness (QED) is 0.730. The van der Waals surface area contributed by atoms with E-state index in [1.807, 2.05) is 44.3 Å². The summed E-state index contributed by atoms with van der Waals surface area (Å²) >= 11 is 3.45. The number of rotatable bonds is 3. The summed E-state index contributed by atoms with van der Waals surface area (Å²) in [5.41, 5.74) is 4.65. The molecule has 0 fully saturated rings. The second-order valence-electron chi connectivity index (χ2n) is 5.34. The van der Waals surface area contributed by atoms with Gasteiger partial charge in [0.05, 0.1) is 17.3 Å². The second kappa shape index (κ2) is 6.00. The van der Waals surface area contributed by atoms with Crippen LogP contribution in [0.1, 0.15) is 24.1 Å². The normalized spacial score (nSPS) is 12.3. The molecule has 7 heteroatoms. The summed E-state index contributed by atoms with van der Waals surface area (Å²) in [7, 11) is 0. The van der Waals surface area contributed by atoms with E-state index in [4.69, 9.17) is 5.11 Å². The molecule has 1 amide bonds. The summed E-state index contributed by atoms with van der Waals surface area (Å²) in [6, 6.07) is 7.59. The Morgan fingerprint density at radius 3 is 2.87 bits per heavy atom. The standard InChI is InChI=1S/C16H15BrN4O2/c1-9-5-11(3-4-13(9)10(2)20-16(22)23)15-14-6-12(17)7-21(14)19-8-18-15/h3-8,10,20H,1-2H3,(H,22,23). The van der Waals surface area contributed by atoms with Crippen LogP contribution in [0.3, 0.4) is 0 Å². The monoisotopic (exact) mass is 374 g/mol. The van der Waals surface area contributed by atoms with Crippen LogP contribution in [-0.4, -0.2) is 25.8 Å². The third-order valence-corrected chi connectivity index (χ3v) is 4.16. The van der Waals surface area contributed by atoms with Gasteiger partial charge in [0.2, 0.25) is 0 Å². The van der Waals surface area contributed by atoms with Crippen LogP contribution in [0.15, 0.2) is 41.3 Å². The molecular formula is C16H15BrN4O2. The molecule has 2 N–H and O–H groups in total. The molecule has 118 valence electrons. The van der Waals surface area contributed by atoms with Crippen molar-refractivity contribution in [1.29, 1.82) is 0 Å². The first kappa shape index (κ1) is 15.5. The zero-order valence-electron chi connectivity index (χ0n) is 12.6. The average Bonchev–Trinajstić information content (AvgIpc) is 2.86. The van der Waals surface area contributed by atoms with E-state index in [-0.39, 0.29) is 6.04 Å². The molecule has 0 aliphatic rings. The number of carboxylic acid groups (broad SMARTS) is 1. The van der Waals surface area contributed by atoms with E-state index in [0.29, 0.717) is 0 Å². The van der Waals surface area contributed by atoms with Gasteiger partial charge in [-0.25, -0.2) is 14.3 Å². The Balaban J connectivity index is 2.04. The van der Waals surface area contributed by atoms with Crippen LogP contribution in [0.25, 0.3) is 16.8 Å². The van der Waals surface area contributed by atoms with Crippen molar-refractivity contribution in [3.8, 4) is 11.3 Å². The third kappa shape index (κ3) is 3.05. The smallest absolute Gasteiger partial charge is 0.405 e.